The predicted octanol–water partition coefficient (Wildman–Crippen LogP) is 1.35. The summed E-state index contributed by atoms with van der Waals surface area (Å²) in [5, 5.41) is 7.85. The maximum Gasteiger partial charge on any atom is 0.0518 e. The van der Waals surface area contributed by atoms with E-state index in [-0.39, 0.29) is 0 Å². The SMILES string of the molecule is Cc1cnn(CCCNC2CCOCC2)c1. The third-order valence-electron chi connectivity index (χ3n) is 2.98. The summed E-state index contributed by atoms with van der Waals surface area (Å²) in [4.78, 5) is 0. The van der Waals surface area contributed by atoms with Gasteiger partial charge in [0.2, 0.25) is 0 Å². The zero-order chi connectivity index (χ0) is 11.2. The van der Waals surface area contributed by atoms with Crippen LogP contribution in [-0.2, 0) is 11.3 Å². The highest BCUT2D eigenvalue weighted by molar-refractivity contribution is 4.99. The largest absolute Gasteiger partial charge is 0.381 e. The second-order valence-electron chi connectivity index (χ2n) is 4.48. The zero-order valence-corrected chi connectivity index (χ0v) is 9.98. The lowest BCUT2D eigenvalue weighted by Gasteiger charge is -2.23. The highest BCUT2D eigenvalue weighted by atomic mass is 16.5. The Labute approximate surface area is 97.0 Å². The predicted molar refractivity (Wildman–Crippen MR) is 63.4 cm³/mol. The van der Waals surface area contributed by atoms with E-state index in [0.717, 1.165) is 45.6 Å². The summed E-state index contributed by atoms with van der Waals surface area (Å²) in [5.41, 5.74) is 1.23. The quantitative estimate of drug-likeness (QED) is 0.766. The van der Waals surface area contributed by atoms with E-state index >= 15 is 0 Å². The fourth-order valence-corrected chi connectivity index (χ4v) is 2.04. The number of nitrogens with zero attached hydrogens (tertiary/aromatic N) is 2. The van der Waals surface area contributed by atoms with Crippen molar-refractivity contribution < 1.29 is 4.74 Å². The first-order valence-electron chi connectivity index (χ1n) is 6.15. The van der Waals surface area contributed by atoms with Crippen LogP contribution in [0.5, 0.6) is 0 Å². The summed E-state index contributed by atoms with van der Waals surface area (Å²) in [5.74, 6) is 0. The number of aryl methyl sites for hydroxylation is 2. The molecule has 1 fully saturated rings. The summed E-state index contributed by atoms with van der Waals surface area (Å²) in [6, 6.07) is 0.660. The highest BCUT2D eigenvalue weighted by Crippen LogP contribution is 2.05. The molecule has 0 aromatic carbocycles. The summed E-state index contributed by atoms with van der Waals surface area (Å²) in [6.45, 7) is 5.98. The Bertz CT molecular complexity index is 305. The van der Waals surface area contributed by atoms with Crippen LogP contribution in [0.3, 0.4) is 0 Å². The molecule has 0 radical (unpaired) electrons. The average Bonchev–Trinajstić information content (AvgIpc) is 2.72. The van der Waals surface area contributed by atoms with E-state index in [0.29, 0.717) is 6.04 Å². The highest BCUT2D eigenvalue weighted by Gasteiger charge is 2.11. The molecule has 0 saturated carbocycles. The minimum Gasteiger partial charge on any atom is -0.381 e. The van der Waals surface area contributed by atoms with Crippen LogP contribution in [0.25, 0.3) is 0 Å². The molecular weight excluding hydrogens is 202 g/mol. The number of hydrogen-bond donors (Lipinski definition) is 1. The van der Waals surface area contributed by atoms with E-state index in [1.54, 1.807) is 0 Å². The molecule has 1 aromatic heterocycles. The summed E-state index contributed by atoms with van der Waals surface area (Å²) in [6.07, 6.45) is 7.45. The molecule has 0 bridgehead atoms. The van der Waals surface area contributed by atoms with Gasteiger partial charge in [0.15, 0.2) is 0 Å². The average molecular weight is 223 g/mol. The van der Waals surface area contributed by atoms with Gasteiger partial charge < -0.3 is 10.1 Å². The number of hydrogen-bond acceptors (Lipinski definition) is 3. The Morgan fingerprint density at radius 1 is 1.50 bits per heavy atom. The number of nitrogens with one attached hydrogen (secondary N) is 1. The van der Waals surface area contributed by atoms with Crippen molar-refractivity contribution in [1.29, 1.82) is 0 Å². The minimum atomic E-state index is 0.660. The fraction of sp³-hybridized carbons (Fsp3) is 0.750. The molecule has 0 spiro atoms. The van der Waals surface area contributed by atoms with Crippen molar-refractivity contribution in [3.63, 3.8) is 0 Å². The third kappa shape index (κ3) is 3.61. The van der Waals surface area contributed by atoms with Crippen molar-refractivity contribution >= 4 is 0 Å². The number of ether oxygens (including phenoxy) is 1. The van der Waals surface area contributed by atoms with Gasteiger partial charge in [-0.3, -0.25) is 4.68 Å². The first kappa shape index (κ1) is 11.6. The first-order valence-corrected chi connectivity index (χ1v) is 6.15. The van der Waals surface area contributed by atoms with Gasteiger partial charge in [0, 0.05) is 32.0 Å². The Morgan fingerprint density at radius 2 is 2.31 bits per heavy atom. The molecule has 1 saturated heterocycles. The van der Waals surface area contributed by atoms with Gasteiger partial charge in [-0.05, 0) is 38.3 Å². The molecule has 1 aliphatic heterocycles. The van der Waals surface area contributed by atoms with Crippen LogP contribution < -0.4 is 5.32 Å². The standard InChI is InChI=1S/C12H21N3O/c1-11-9-14-15(10-11)6-2-5-13-12-3-7-16-8-4-12/h9-10,12-13H,2-8H2,1H3. The van der Waals surface area contributed by atoms with Gasteiger partial charge in [-0.25, -0.2) is 0 Å². The Kier molecular flexibility index (Phi) is 4.36. The second-order valence-corrected chi connectivity index (χ2v) is 4.48. The van der Waals surface area contributed by atoms with Gasteiger partial charge in [-0.1, -0.05) is 0 Å². The smallest absolute Gasteiger partial charge is 0.0518 e. The molecule has 4 nitrogen and oxygen atoms in total. The van der Waals surface area contributed by atoms with Crippen LogP contribution in [0.2, 0.25) is 0 Å². The van der Waals surface area contributed by atoms with Crippen LogP contribution >= 0.6 is 0 Å². The molecule has 1 N–H and O–H groups in total. The van der Waals surface area contributed by atoms with Crippen molar-refractivity contribution in [2.75, 3.05) is 19.8 Å². The molecule has 2 heterocycles. The van der Waals surface area contributed by atoms with Gasteiger partial charge in [0.05, 0.1) is 6.20 Å². The van der Waals surface area contributed by atoms with Crippen molar-refractivity contribution in [2.45, 2.75) is 38.8 Å². The third-order valence-corrected chi connectivity index (χ3v) is 2.98. The van der Waals surface area contributed by atoms with E-state index in [1.807, 2.05) is 10.9 Å². The number of aromatic nitrogens is 2. The zero-order valence-electron chi connectivity index (χ0n) is 9.98. The minimum absolute atomic E-state index is 0.660. The van der Waals surface area contributed by atoms with E-state index < -0.39 is 0 Å². The van der Waals surface area contributed by atoms with Crippen molar-refractivity contribution in [2.24, 2.45) is 0 Å². The molecule has 1 aromatic rings. The monoisotopic (exact) mass is 223 g/mol. The Balaban J connectivity index is 1.57. The van der Waals surface area contributed by atoms with E-state index in [4.69, 9.17) is 4.74 Å². The van der Waals surface area contributed by atoms with Crippen molar-refractivity contribution in [1.82, 2.24) is 15.1 Å². The molecule has 2 rings (SSSR count). The van der Waals surface area contributed by atoms with Crippen LogP contribution in [0.15, 0.2) is 12.4 Å². The van der Waals surface area contributed by atoms with Crippen LogP contribution in [0.4, 0.5) is 0 Å². The molecule has 0 unspecified atom stereocenters. The molecule has 0 aliphatic carbocycles. The summed E-state index contributed by atoms with van der Waals surface area (Å²) in [7, 11) is 0. The van der Waals surface area contributed by atoms with Gasteiger partial charge in [0.25, 0.3) is 0 Å². The van der Waals surface area contributed by atoms with Gasteiger partial charge in [0.1, 0.15) is 0 Å². The van der Waals surface area contributed by atoms with E-state index in [1.165, 1.54) is 5.56 Å². The maximum atomic E-state index is 5.32. The fourth-order valence-electron chi connectivity index (χ4n) is 2.04. The van der Waals surface area contributed by atoms with Crippen molar-refractivity contribution in [3.05, 3.63) is 18.0 Å². The lowest BCUT2D eigenvalue weighted by Crippen LogP contribution is -2.35. The van der Waals surface area contributed by atoms with E-state index in [9.17, 15) is 0 Å². The number of rotatable bonds is 5. The molecule has 16 heavy (non-hydrogen) atoms. The molecule has 1 aliphatic rings. The molecule has 90 valence electrons. The molecule has 0 atom stereocenters. The summed E-state index contributed by atoms with van der Waals surface area (Å²) >= 11 is 0. The van der Waals surface area contributed by atoms with Gasteiger partial charge >= 0.3 is 0 Å². The lowest BCUT2D eigenvalue weighted by atomic mass is 10.1. The lowest BCUT2D eigenvalue weighted by molar-refractivity contribution is 0.0779. The van der Waals surface area contributed by atoms with Gasteiger partial charge in [-0.2, -0.15) is 5.10 Å². The molecule has 4 heteroatoms. The topological polar surface area (TPSA) is 39.1 Å². The van der Waals surface area contributed by atoms with Crippen LogP contribution in [0, 0.1) is 6.92 Å². The van der Waals surface area contributed by atoms with Gasteiger partial charge in [-0.15, -0.1) is 0 Å². The van der Waals surface area contributed by atoms with Crippen LogP contribution in [0.1, 0.15) is 24.8 Å². The normalized spacial score (nSPS) is 17.8. The van der Waals surface area contributed by atoms with E-state index in [2.05, 4.69) is 23.5 Å². The first-order chi connectivity index (χ1) is 7.84. The summed E-state index contributed by atoms with van der Waals surface area (Å²) < 4.78 is 7.34. The molecule has 0 amide bonds. The Hall–Kier alpha value is -0.870. The van der Waals surface area contributed by atoms with Crippen molar-refractivity contribution in [3.8, 4) is 0 Å². The molecular formula is C12H21N3O. The maximum absolute atomic E-state index is 5.32. The Morgan fingerprint density at radius 3 is 3.00 bits per heavy atom. The van der Waals surface area contributed by atoms with Crippen LogP contribution in [-0.4, -0.2) is 35.6 Å². The second kappa shape index (κ2) is 6.01.